The number of hydrogen-bond acceptors (Lipinski definition) is 6. The lowest BCUT2D eigenvalue weighted by molar-refractivity contribution is 0.102. The Balaban J connectivity index is 1.42. The Morgan fingerprint density at radius 3 is 1.97 bits per heavy atom. The van der Waals surface area contributed by atoms with Gasteiger partial charge in [0.1, 0.15) is 5.75 Å². The maximum atomic E-state index is 13.0. The van der Waals surface area contributed by atoms with Crippen LogP contribution in [0.15, 0.2) is 107 Å². The number of methoxy groups -OCH3 is 1. The van der Waals surface area contributed by atoms with Crippen LogP contribution in [0.3, 0.4) is 0 Å². The summed E-state index contributed by atoms with van der Waals surface area (Å²) in [5.41, 5.74) is 2.45. The predicted molar refractivity (Wildman–Crippen MR) is 151 cm³/mol. The van der Waals surface area contributed by atoms with Crippen molar-refractivity contribution in [2.75, 3.05) is 28.5 Å². The Bertz CT molecular complexity index is 1690. The number of benzene rings is 4. The molecule has 4 rings (SSSR count). The fourth-order valence-corrected chi connectivity index (χ4v) is 5.96. The van der Waals surface area contributed by atoms with E-state index in [0.717, 1.165) is 9.87 Å². The predicted octanol–water partition coefficient (Wildman–Crippen LogP) is 4.88. The van der Waals surface area contributed by atoms with Crippen molar-refractivity contribution in [3.05, 3.63) is 108 Å². The Morgan fingerprint density at radius 1 is 0.769 bits per heavy atom. The molecule has 0 aliphatic carbocycles. The third kappa shape index (κ3) is 6.39. The summed E-state index contributed by atoms with van der Waals surface area (Å²) in [5.74, 6) is 0.109. The van der Waals surface area contributed by atoms with Crippen molar-refractivity contribution in [2.24, 2.45) is 0 Å². The zero-order valence-electron chi connectivity index (χ0n) is 21.5. The van der Waals surface area contributed by atoms with Gasteiger partial charge in [0.25, 0.3) is 26.0 Å². The van der Waals surface area contributed by atoms with Crippen LogP contribution < -0.4 is 19.1 Å². The van der Waals surface area contributed by atoms with Crippen molar-refractivity contribution in [3.63, 3.8) is 0 Å². The molecule has 0 saturated carbocycles. The van der Waals surface area contributed by atoms with E-state index >= 15 is 0 Å². The van der Waals surface area contributed by atoms with Gasteiger partial charge in [0, 0.05) is 24.0 Å². The molecule has 202 valence electrons. The quantitative estimate of drug-likeness (QED) is 0.298. The lowest BCUT2D eigenvalue weighted by Gasteiger charge is -2.20. The number of amides is 1. The summed E-state index contributed by atoms with van der Waals surface area (Å²) < 4.78 is 60.1. The summed E-state index contributed by atoms with van der Waals surface area (Å²) in [5, 5.41) is 2.71. The van der Waals surface area contributed by atoms with Gasteiger partial charge in [-0.3, -0.25) is 13.8 Å². The summed E-state index contributed by atoms with van der Waals surface area (Å²) in [4.78, 5) is 12.9. The Labute approximate surface area is 228 Å². The van der Waals surface area contributed by atoms with Gasteiger partial charge in [0.2, 0.25) is 0 Å². The topological polar surface area (TPSA) is 122 Å². The Hall–Kier alpha value is -4.35. The van der Waals surface area contributed by atoms with Crippen LogP contribution in [0.5, 0.6) is 5.75 Å². The van der Waals surface area contributed by atoms with Gasteiger partial charge in [-0.05, 0) is 97.4 Å². The molecule has 4 aromatic carbocycles. The van der Waals surface area contributed by atoms with Gasteiger partial charge in [-0.1, -0.05) is 12.1 Å². The summed E-state index contributed by atoms with van der Waals surface area (Å²) in [6.07, 6.45) is 0. The minimum atomic E-state index is -3.81. The van der Waals surface area contributed by atoms with Crippen LogP contribution in [0, 0.1) is 6.92 Å². The molecule has 0 saturated heterocycles. The average molecular weight is 566 g/mol. The number of nitrogens with one attached hydrogen (secondary N) is 2. The summed E-state index contributed by atoms with van der Waals surface area (Å²) in [6.45, 7) is 1.87. The number of hydrogen-bond donors (Lipinski definition) is 2. The second-order valence-electron chi connectivity index (χ2n) is 8.65. The second kappa shape index (κ2) is 11.2. The van der Waals surface area contributed by atoms with E-state index in [1.54, 1.807) is 30.3 Å². The van der Waals surface area contributed by atoms with Gasteiger partial charge < -0.3 is 10.1 Å². The molecule has 0 radical (unpaired) electrons. The first-order valence-electron chi connectivity index (χ1n) is 11.7. The molecule has 0 bridgehead atoms. The smallest absolute Gasteiger partial charge is 0.264 e. The second-order valence-corrected chi connectivity index (χ2v) is 12.3. The maximum Gasteiger partial charge on any atom is 0.264 e. The highest BCUT2D eigenvalue weighted by Gasteiger charge is 2.22. The van der Waals surface area contributed by atoms with E-state index in [2.05, 4.69) is 10.0 Å². The van der Waals surface area contributed by atoms with E-state index in [-0.39, 0.29) is 9.79 Å². The van der Waals surface area contributed by atoms with Crippen LogP contribution in [0.1, 0.15) is 15.9 Å². The number of carbonyl (C=O) groups excluding carboxylic acids is 1. The van der Waals surface area contributed by atoms with Gasteiger partial charge in [-0.15, -0.1) is 0 Å². The minimum absolute atomic E-state index is 0.0486. The molecule has 0 aliphatic heterocycles. The molecule has 39 heavy (non-hydrogen) atoms. The highest BCUT2D eigenvalue weighted by atomic mass is 32.2. The van der Waals surface area contributed by atoms with E-state index in [9.17, 15) is 21.6 Å². The average Bonchev–Trinajstić information content (AvgIpc) is 2.93. The first kappa shape index (κ1) is 27.7. The molecular formula is C28H27N3O6S2. The summed E-state index contributed by atoms with van der Waals surface area (Å²) in [6, 6.07) is 24.9. The van der Waals surface area contributed by atoms with E-state index in [4.69, 9.17) is 4.74 Å². The highest BCUT2D eigenvalue weighted by Crippen LogP contribution is 2.25. The molecule has 0 heterocycles. The van der Waals surface area contributed by atoms with Gasteiger partial charge >= 0.3 is 0 Å². The van der Waals surface area contributed by atoms with E-state index < -0.39 is 26.0 Å². The fraction of sp³-hybridized carbons (Fsp3) is 0.107. The van der Waals surface area contributed by atoms with Crippen molar-refractivity contribution >= 4 is 43.0 Å². The molecule has 0 fully saturated rings. The number of rotatable bonds is 9. The number of ether oxygens (including phenoxy) is 1. The minimum Gasteiger partial charge on any atom is -0.497 e. The third-order valence-electron chi connectivity index (χ3n) is 5.90. The maximum absolute atomic E-state index is 13.0. The number of aryl methyl sites for hydroxylation is 1. The Morgan fingerprint density at radius 2 is 1.38 bits per heavy atom. The van der Waals surface area contributed by atoms with E-state index in [1.165, 1.54) is 74.8 Å². The molecule has 0 atom stereocenters. The summed E-state index contributed by atoms with van der Waals surface area (Å²) >= 11 is 0. The molecular weight excluding hydrogens is 538 g/mol. The zero-order valence-corrected chi connectivity index (χ0v) is 23.1. The molecule has 0 aromatic heterocycles. The first-order chi connectivity index (χ1) is 18.5. The molecule has 9 nitrogen and oxygen atoms in total. The number of sulfonamides is 2. The Kier molecular flexibility index (Phi) is 7.93. The van der Waals surface area contributed by atoms with Gasteiger partial charge in [0.15, 0.2) is 0 Å². The normalized spacial score (nSPS) is 11.5. The van der Waals surface area contributed by atoms with Crippen molar-refractivity contribution in [1.82, 2.24) is 0 Å². The van der Waals surface area contributed by atoms with Crippen molar-refractivity contribution < 1.29 is 26.4 Å². The number of anilines is 3. The third-order valence-corrected chi connectivity index (χ3v) is 9.10. The molecule has 11 heteroatoms. The van der Waals surface area contributed by atoms with Crippen molar-refractivity contribution in [2.45, 2.75) is 16.7 Å². The lowest BCUT2D eigenvalue weighted by atomic mass is 10.2. The van der Waals surface area contributed by atoms with E-state index in [0.29, 0.717) is 28.4 Å². The fourth-order valence-electron chi connectivity index (χ4n) is 3.71. The van der Waals surface area contributed by atoms with Gasteiger partial charge in [0.05, 0.1) is 22.6 Å². The number of nitrogens with zero attached hydrogens (tertiary/aromatic N) is 1. The van der Waals surface area contributed by atoms with Crippen molar-refractivity contribution in [3.8, 4) is 5.75 Å². The van der Waals surface area contributed by atoms with Crippen LogP contribution in [0.25, 0.3) is 0 Å². The van der Waals surface area contributed by atoms with Gasteiger partial charge in [-0.25, -0.2) is 16.8 Å². The summed E-state index contributed by atoms with van der Waals surface area (Å²) in [7, 11) is -4.69. The SMILES string of the molecule is COc1ccc(S(=O)(=O)N(C)c2ccc(C(=O)Nc3ccc(S(=O)(=O)Nc4cccc(C)c4)cc3)cc2)cc1. The van der Waals surface area contributed by atoms with E-state index in [1.807, 2.05) is 13.0 Å². The molecule has 0 aliphatic rings. The largest absolute Gasteiger partial charge is 0.497 e. The van der Waals surface area contributed by atoms with Crippen LogP contribution in [0.4, 0.5) is 17.1 Å². The molecule has 1 amide bonds. The van der Waals surface area contributed by atoms with Crippen LogP contribution in [0.2, 0.25) is 0 Å². The van der Waals surface area contributed by atoms with Crippen LogP contribution in [-0.2, 0) is 20.0 Å². The molecule has 2 N–H and O–H groups in total. The van der Waals surface area contributed by atoms with Crippen molar-refractivity contribution in [1.29, 1.82) is 0 Å². The standard InChI is InChI=1S/C28H27N3O6S2/c1-20-5-4-6-23(19-20)30-38(33,34)26-15-9-22(10-16-26)29-28(32)21-7-11-24(12-8-21)31(2)39(35,36)27-17-13-25(37-3)14-18-27/h4-19,30H,1-3H3,(H,29,32). The van der Waals surface area contributed by atoms with Crippen LogP contribution in [-0.4, -0.2) is 36.9 Å². The zero-order chi connectivity index (χ0) is 28.2. The van der Waals surface area contributed by atoms with Crippen LogP contribution >= 0.6 is 0 Å². The molecule has 0 spiro atoms. The first-order valence-corrected chi connectivity index (χ1v) is 14.7. The molecule has 0 unspecified atom stereocenters. The highest BCUT2D eigenvalue weighted by molar-refractivity contribution is 7.93. The molecule has 4 aromatic rings. The lowest BCUT2D eigenvalue weighted by Crippen LogP contribution is -2.26. The van der Waals surface area contributed by atoms with Gasteiger partial charge in [-0.2, -0.15) is 0 Å². The monoisotopic (exact) mass is 565 g/mol. The number of carbonyl (C=O) groups is 1.